The van der Waals surface area contributed by atoms with Crippen molar-refractivity contribution in [1.82, 2.24) is 0 Å². The molecule has 0 saturated carbocycles. The summed E-state index contributed by atoms with van der Waals surface area (Å²) < 4.78 is 0. The van der Waals surface area contributed by atoms with E-state index in [2.05, 4.69) is 6.58 Å². The van der Waals surface area contributed by atoms with Gasteiger partial charge in [-0.15, -0.1) is 19.0 Å². The molecule has 0 aliphatic heterocycles. The van der Waals surface area contributed by atoms with Crippen LogP contribution in [0, 0.1) is 5.92 Å². The number of amides is 1. The number of primary amides is 1. The highest BCUT2D eigenvalue weighted by molar-refractivity contribution is 5.85. The summed E-state index contributed by atoms with van der Waals surface area (Å²) in [7, 11) is 0. The first-order chi connectivity index (χ1) is 4.09. The van der Waals surface area contributed by atoms with E-state index < -0.39 is 11.9 Å². The summed E-state index contributed by atoms with van der Waals surface area (Å²) in [5, 5.41) is 0. The lowest BCUT2D eigenvalue weighted by atomic mass is 10.0. The van der Waals surface area contributed by atoms with E-state index in [-0.39, 0.29) is 18.3 Å². The van der Waals surface area contributed by atoms with Crippen molar-refractivity contribution in [3.8, 4) is 0 Å². The molecule has 0 aromatic rings. The summed E-state index contributed by atoms with van der Waals surface area (Å²) >= 11 is 0. The van der Waals surface area contributed by atoms with E-state index in [1.165, 1.54) is 0 Å². The molecule has 0 fully saturated rings. The standard InChI is InChI=1S/C6H12N2O.ClH/c1-3-4(2)5(7)6(8)9;/h3-5H,1,7H2,2H3,(H2,8,9);1H/t4-,5+;/m1./s1. The molecular weight excluding hydrogens is 152 g/mol. The Hall–Kier alpha value is -0.540. The van der Waals surface area contributed by atoms with Gasteiger partial charge in [-0.1, -0.05) is 13.0 Å². The Balaban J connectivity index is 0. The van der Waals surface area contributed by atoms with Gasteiger partial charge in [-0.25, -0.2) is 0 Å². The van der Waals surface area contributed by atoms with E-state index in [0.29, 0.717) is 0 Å². The number of carbonyl (C=O) groups excluding carboxylic acids is 1. The first-order valence-electron chi connectivity index (χ1n) is 2.77. The molecule has 4 N–H and O–H groups in total. The number of rotatable bonds is 3. The monoisotopic (exact) mass is 164 g/mol. The Kier molecular flexibility index (Phi) is 6.40. The van der Waals surface area contributed by atoms with Gasteiger partial charge in [0, 0.05) is 0 Å². The average Bonchev–Trinajstić information content (AvgIpc) is 1.84. The van der Waals surface area contributed by atoms with Gasteiger partial charge in [0.15, 0.2) is 0 Å². The molecular formula is C6H13ClN2O. The molecule has 0 aromatic carbocycles. The second-order valence-electron chi connectivity index (χ2n) is 2.02. The van der Waals surface area contributed by atoms with Crippen LogP contribution in [0.25, 0.3) is 0 Å². The third kappa shape index (κ3) is 3.48. The van der Waals surface area contributed by atoms with Gasteiger partial charge in [-0.3, -0.25) is 4.79 Å². The smallest absolute Gasteiger partial charge is 0.234 e. The van der Waals surface area contributed by atoms with Crippen molar-refractivity contribution in [2.24, 2.45) is 17.4 Å². The fraction of sp³-hybridized carbons (Fsp3) is 0.500. The van der Waals surface area contributed by atoms with Crippen LogP contribution in [-0.2, 0) is 4.79 Å². The fourth-order valence-electron chi connectivity index (χ4n) is 0.406. The molecule has 0 aliphatic carbocycles. The van der Waals surface area contributed by atoms with Crippen molar-refractivity contribution in [3.63, 3.8) is 0 Å². The highest BCUT2D eigenvalue weighted by Crippen LogP contribution is 1.98. The summed E-state index contributed by atoms with van der Waals surface area (Å²) in [5.74, 6) is -0.523. The van der Waals surface area contributed by atoms with Crippen LogP contribution in [0.15, 0.2) is 12.7 Å². The van der Waals surface area contributed by atoms with Gasteiger partial charge in [0.2, 0.25) is 5.91 Å². The summed E-state index contributed by atoms with van der Waals surface area (Å²) in [6.07, 6.45) is 1.61. The lowest BCUT2D eigenvalue weighted by Crippen LogP contribution is -2.40. The Labute approximate surface area is 66.9 Å². The van der Waals surface area contributed by atoms with Crippen LogP contribution in [-0.4, -0.2) is 11.9 Å². The minimum atomic E-state index is -0.595. The zero-order valence-electron chi connectivity index (χ0n) is 5.91. The third-order valence-corrected chi connectivity index (χ3v) is 1.27. The fourth-order valence-corrected chi connectivity index (χ4v) is 0.406. The lowest BCUT2D eigenvalue weighted by molar-refractivity contribution is -0.119. The Morgan fingerprint density at radius 3 is 2.20 bits per heavy atom. The largest absolute Gasteiger partial charge is 0.368 e. The molecule has 0 aliphatic rings. The van der Waals surface area contributed by atoms with Gasteiger partial charge < -0.3 is 11.5 Å². The molecule has 0 unspecified atom stereocenters. The lowest BCUT2D eigenvalue weighted by Gasteiger charge is -2.10. The second-order valence-corrected chi connectivity index (χ2v) is 2.02. The van der Waals surface area contributed by atoms with Crippen LogP contribution in [0.5, 0.6) is 0 Å². The average molecular weight is 165 g/mol. The predicted molar refractivity (Wildman–Crippen MR) is 43.8 cm³/mol. The van der Waals surface area contributed by atoms with Crippen molar-refractivity contribution in [2.75, 3.05) is 0 Å². The van der Waals surface area contributed by atoms with Crippen molar-refractivity contribution >= 4 is 18.3 Å². The highest BCUT2D eigenvalue weighted by atomic mass is 35.5. The van der Waals surface area contributed by atoms with Crippen LogP contribution in [0.3, 0.4) is 0 Å². The zero-order chi connectivity index (χ0) is 7.44. The summed E-state index contributed by atoms with van der Waals surface area (Å²) in [6.45, 7) is 5.27. The molecule has 4 heteroatoms. The Bertz CT molecular complexity index is 127. The maximum absolute atomic E-state index is 10.3. The SMILES string of the molecule is C=C[C@@H](C)[C@H](N)C(N)=O.Cl. The molecule has 0 heterocycles. The van der Waals surface area contributed by atoms with E-state index in [4.69, 9.17) is 11.5 Å². The van der Waals surface area contributed by atoms with E-state index in [9.17, 15) is 4.79 Å². The zero-order valence-corrected chi connectivity index (χ0v) is 6.73. The van der Waals surface area contributed by atoms with E-state index >= 15 is 0 Å². The maximum Gasteiger partial charge on any atom is 0.234 e. The molecule has 60 valence electrons. The molecule has 0 rings (SSSR count). The van der Waals surface area contributed by atoms with Crippen LogP contribution >= 0.6 is 12.4 Å². The van der Waals surface area contributed by atoms with Crippen molar-refractivity contribution in [1.29, 1.82) is 0 Å². The first kappa shape index (κ1) is 12.2. The Morgan fingerprint density at radius 2 is 2.10 bits per heavy atom. The first-order valence-corrected chi connectivity index (χ1v) is 2.77. The van der Waals surface area contributed by atoms with E-state index in [1.807, 2.05) is 0 Å². The molecule has 2 atom stereocenters. The quantitative estimate of drug-likeness (QED) is 0.579. The third-order valence-electron chi connectivity index (χ3n) is 1.27. The van der Waals surface area contributed by atoms with Crippen LogP contribution in [0.4, 0.5) is 0 Å². The molecule has 0 bridgehead atoms. The Morgan fingerprint density at radius 1 is 1.70 bits per heavy atom. The summed E-state index contributed by atoms with van der Waals surface area (Å²) in [4.78, 5) is 10.3. The molecule has 0 radical (unpaired) electrons. The molecule has 1 amide bonds. The van der Waals surface area contributed by atoms with Crippen molar-refractivity contribution in [3.05, 3.63) is 12.7 Å². The van der Waals surface area contributed by atoms with Gasteiger partial charge in [0.05, 0.1) is 6.04 Å². The minimum absolute atomic E-state index is 0. The number of carbonyl (C=O) groups is 1. The maximum atomic E-state index is 10.3. The predicted octanol–water partition coefficient (Wildman–Crippen LogP) is 0.0429. The molecule has 0 aromatic heterocycles. The van der Waals surface area contributed by atoms with Gasteiger partial charge in [0.1, 0.15) is 0 Å². The van der Waals surface area contributed by atoms with Crippen LogP contribution in [0.1, 0.15) is 6.92 Å². The molecule has 0 spiro atoms. The van der Waals surface area contributed by atoms with Gasteiger partial charge in [-0.05, 0) is 5.92 Å². The molecule has 10 heavy (non-hydrogen) atoms. The van der Waals surface area contributed by atoms with Gasteiger partial charge >= 0.3 is 0 Å². The normalized spacial score (nSPS) is 14.6. The number of hydrogen-bond acceptors (Lipinski definition) is 2. The van der Waals surface area contributed by atoms with Gasteiger partial charge in [-0.2, -0.15) is 0 Å². The van der Waals surface area contributed by atoms with Crippen LogP contribution < -0.4 is 11.5 Å². The summed E-state index contributed by atoms with van der Waals surface area (Å²) in [6, 6.07) is -0.595. The van der Waals surface area contributed by atoms with Gasteiger partial charge in [0.25, 0.3) is 0 Å². The number of halogens is 1. The second kappa shape index (κ2) is 5.26. The number of hydrogen-bond donors (Lipinski definition) is 2. The van der Waals surface area contributed by atoms with E-state index in [0.717, 1.165) is 0 Å². The highest BCUT2D eigenvalue weighted by Gasteiger charge is 2.13. The van der Waals surface area contributed by atoms with E-state index in [1.54, 1.807) is 13.0 Å². The van der Waals surface area contributed by atoms with Crippen molar-refractivity contribution < 1.29 is 4.79 Å². The summed E-state index contributed by atoms with van der Waals surface area (Å²) in [5.41, 5.74) is 10.2. The topological polar surface area (TPSA) is 69.1 Å². The van der Waals surface area contributed by atoms with Crippen molar-refractivity contribution in [2.45, 2.75) is 13.0 Å². The molecule has 3 nitrogen and oxygen atoms in total. The number of nitrogens with two attached hydrogens (primary N) is 2. The minimum Gasteiger partial charge on any atom is -0.368 e. The van der Waals surface area contributed by atoms with Crippen LogP contribution in [0.2, 0.25) is 0 Å². The molecule has 0 saturated heterocycles.